The van der Waals surface area contributed by atoms with Crippen molar-refractivity contribution in [3.63, 3.8) is 0 Å². The van der Waals surface area contributed by atoms with E-state index in [0.29, 0.717) is 19.8 Å². The molecule has 0 heterocycles. The molecule has 0 aliphatic rings. The van der Waals surface area contributed by atoms with E-state index < -0.39 is 18.1 Å². The van der Waals surface area contributed by atoms with E-state index in [0.717, 1.165) is 0 Å². The van der Waals surface area contributed by atoms with Crippen LogP contribution in [0.4, 0.5) is 4.79 Å². The topological polar surface area (TPSA) is 143 Å². The maximum atomic E-state index is 11.1. The third-order valence-corrected chi connectivity index (χ3v) is 1.94. The number of amides is 1. The van der Waals surface area contributed by atoms with Crippen LogP contribution in [-0.4, -0.2) is 62.8 Å². The van der Waals surface area contributed by atoms with Gasteiger partial charge in [0, 0.05) is 11.5 Å². The summed E-state index contributed by atoms with van der Waals surface area (Å²) in [6.07, 6.45) is -0.811. The van der Waals surface area contributed by atoms with Crippen molar-refractivity contribution in [2.24, 2.45) is 5.11 Å². The molecule has 0 aliphatic carbocycles. The number of nitrogens with zero attached hydrogens (tertiary/aromatic N) is 3. The van der Waals surface area contributed by atoms with E-state index >= 15 is 0 Å². The van der Waals surface area contributed by atoms with Crippen LogP contribution in [0, 0.1) is 0 Å². The Hall–Kier alpha value is -2.03. The third-order valence-electron chi connectivity index (χ3n) is 1.94. The Bertz CT molecular complexity index is 345. The number of carbonyl (C=O) groups is 2. The second-order valence-electron chi connectivity index (χ2n) is 3.52. The number of aliphatic carboxylic acids is 1. The van der Waals surface area contributed by atoms with Crippen molar-refractivity contribution in [2.75, 3.05) is 39.6 Å². The van der Waals surface area contributed by atoms with Gasteiger partial charge in [-0.3, -0.25) is 4.79 Å². The van der Waals surface area contributed by atoms with Gasteiger partial charge in [-0.05, 0) is 12.5 Å². The molecule has 20 heavy (non-hydrogen) atoms. The highest BCUT2D eigenvalue weighted by Gasteiger charge is 2.14. The lowest BCUT2D eigenvalue weighted by Crippen LogP contribution is -2.39. The van der Waals surface area contributed by atoms with Gasteiger partial charge in [-0.25, -0.2) is 4.79 Å². The predicted octanol–water partition coefficient (Wildman–Crippen LogP) is 0.529. The normalized spacial score (nSPS) is 11.2. The predicted molar refractivity (Wildman–Crippen MR) is 67.2 cm³/mol. The van der Waals surface area contributed by atoms with Gasteiger partial charge in [-0.15, -0.1) is 0 Å². The van der Waals surface area contributed by atoms with Crippen LogP contribution >= 0.6 is 0 Å². The maximum absolute atomic E-state index is 11.1. The van der Waals surface area contributed by atoms with Gasteiger partial charge < -0.3 is 24.6 Å². The van der Waals surface area contributed by atoms with E-state index in [2.05, 4.69) is 20.1 Å². The number of nitrogens with one attached hydrogen (secondary N) is 1. The average Bonchev–Trinajstić information content (AvgIpc) is 2.40. The fourth-order valence-corrected chi connectivity index (χ4v) is 0.946. The van der Waals surface area contributed by atoms with Crippen molar-refractivity contribution in [1.82, 2.24) is 5.32 Å². The molecule has 0 saturated carbocycles. The van der Waals surface area contributed by atoms with E-state index in [1.54, 1.807) is 0 Å². The second kappa shape index (κ2) is 12.0. The van der Waals surface area contributed by atoms with Crippen molar-refractivity contribution in [2.45, 2.75) is 13.0 Å². The fraction of sp³-hybridized carbons (Fsp3) is 0.800. The Balaban J connectivity index is 3.33. The van der Waals surface area contributed by atoms with E-state index in [4.69, 9.17) is 20.1 Å². The molecule has 0 spiro atoms. The van der Waals surface area contributed by atoms with Crippen molar-refractivity contribution >= 4 is 12.1 Å². The summed E-state index contributed by atoms with van der Waals surface area (Å²) in [6, 6.07) is -1.01. The zero-order chi connectivity index (χ0) is 15.2. The summed E-state index contributed by atoms with van der Waals surface area (Å²) in [5.74, 6) is -1.14. The largest absolute Gasteiger partial charge is 0.480 e. The number of carbonyl (C=O) groups excluding carboxylic acids is 1. The first-order chi connectivity index (χ1) is 9.57. The Kier molecular flexibility index (Phi) is 10.8. The highest BCUT2D eigenvalue weighted by atomic mass is 16.6. The van der Waals surface area contributed by atoms with Crippen LogP contribution in [0.15, 0.2) is 5.11 Å². The molecule has 0 fully saturated rings. The minimum Gasteiger partial charge on any atom is -0.480 e. The summed E-state index contributed by atoms with van der Waals surface area (Å²) in [6.45, 7) is 2.75. The van der Waals surface area contributed by atoms with E-state index in [1.807, 2.05) is 0 Å². The molecule has 10 heteroatoms. The van der Waals surface area contributed by atoms with E-state index in [9.17, 15) is 9.59 Å². The molecule has 114 valence electrons. The number of hydrogen-bond donors (Lipinski definition) is 2. The number of alkyl carbamates (subject to hydrolysis) is 1. The molecule has 1 atom stereocenters. The minimum atomic E-state index is -1.14. The van der Waals surface area contributed by atoms with Gasteiger partial charge in [0.1, 0.15) is 12.6 Å². The number of carboxylic acids is 1. The van der Waals surface area contributed by atoms with Crippen LogP contribution in [0.1, 0.15) is 6.92 Å². The summed E-state index contributed by atoms with van der Waals surface area (Å²) in [4.78, 5) is 24.1. The van der Waals surface area contributed by atoms with Gasteiger partial charge in [0.15, 0.2) is 0 Å². The minimum absolute atomic E-state index is 0.0108. The van der Waals surface area contributed by atoms with Crippen molar-refractivity contribution in [3.05, 3.63) is 10.4 Å². The molecule has 1 amide bonds. The van der Waals surface area contributed by atoms with Gasteiger partial charge in [0.05, 0.1) is 26.4 Å². The molecule has 1 unspecified atom stereocenters. The molecular formula is C10H18N4O6. The Morgan fingerprint density at radius 1 is 1.25 bits per heavy atom. The quantitative estimate of drug-likeness (QED) is 0.246. The third kappa shape index (κ3) is 11.1. The first kappa shape index (κ1) is 18.0. The maximum Gasteiger partial charge on any atom is 0.407 e. The smallest absolute Gasteiger partial charge is 0.407 e. The van der Waals surface area contributed by atoms with Crippen LogP contribution in [0.5, 0.6) is 0 Å². The highest BCUT2D eigenvalue weighted by molar-refractivity contribution is 5.79. The number of rotatable bonds is 11. The van der Waals surface area contributed by atoms with Gasteiger partial charge in [0.2, 0.25) is 0 Å². The zero-order valence-electron chi connectivity index (χ0n) is 11.2. The molecule has 0 rings (SSSR count). The SMILES string of the molecule is CC(NC(=O)OCCOCCOCCN=[N+]=[N-])C(=O)O. The average molecular weight is 290 g/mol. The number of carboxylic acid groups (broad SMARTS) is 1. The summed E-state index contributed by atoms with van der Waals surface area (Å²) >= 11 is 0. The van der Waals surface area contributed by atoms with Gasteiger partial charge >= 0.3 is 12.1 Å². The number of ether oxygens (including phenoxy) is 3. The molecule has 0 bridgehead atoms. The standard InChI is InChI=1S/C10H18N4O6/c1-8(9(15)16)13-10(17)20-7-6-19-5-4-18-3-2-12-14-11/h8H,2-7H2,1H3,(H,13,17)(H,15,16). The number of hydrogen-bond acceptors (Lipinski definition) is 6. The van der Waals surface area contributed by atoms with Gasteiger partial charge in [-0.1, -0.05) is 5.11 Å². The first-order valence-electron chi connectivity index (χ1n) is 5.90. The Labute approximate surface area is 115 Å². The van der Waals surface area contributed by atoms with Crippen molar-refractivity contribution in [1.29, 1.82) is 0 Å². The molecule has 0 aromatic carbocycles. The molecule has 0 aliphatic heterocycles. The summed E-state index contributed by atoms with van der Waals surface area (Å²) < 4.78 is 14.8. The summed E-state index contributed by atoms with van der Waals surface area (Å²) in [5, 5.41) is 14.0. The fourth-order valence-electron chi connectivity index (χ4n) is 0.946. The molecular weight excluding hydrogens is 272 g/mol. The molecule has 2 N–H and O–H groups in total. The monoisotopic (exact) mass is 290 g/mol. The zero-order valence-corrected chi connectivity index (χ0v) is 11.2. The lowest BCUT2D eigenvalue weighted by atomic mass is 10.4. The Morgan fingerprint density at radius 2 is 1.85 bits per heavy atom. The van der Waals surface area contributed by atoms with E-state index in [1.165, 1.54) is 6.92 Å². The summed E-state index contributed by atoms with van der Waals surface area (Å²) in [7, 11) is 0. The van der Waals surface area contributed by atoms with Gasteiger partial charge in [-0.2, -0.15) is 0 Å². The van der Waals surface area contributed by atoms with Crippen LogP contribution in [0.25, 0.3) is 10.4 Å². The highest BCUT2D eigenvalue weighted by Crippen LogP contribution is 1.86. The number of azide groups is 1. The van der Waals surface area contributed by atoms with Crippen molar-refractivity contribution < 1.29 is 28.9 Å². The summed E-state index contributed by atoms with van der Waals surface area (Å²) in [5.41, 5.74) is 7.99. The molecule has 0 aromatic heterocycles. The van der Waals surface area contributed by atoms with Crippen LogP contribution in [0.2, 0.25) is 0 Å². The Morgan fingerprint density at radius 3 is 2.45 bits per heavy atom. The lowest BCUT2D eigenvalue weighted by Gasteiger charge is -2.10. The van der Waals surface area contributed by atoms with Gasteiger partial charge in [0.25, 0.3) is 0 Å². The molecule has 0 radical (unpaired) electrons. The first-order valence-corrected chi connectivity index (χ1v) is 5.90. The molecule has 0 saturated heterocycles. The van der Waals surface area contributed by atoms with E-state index in [-0.39, 0.29) is 19.8 Å². The molecule has 10 nitrogen and oxygen atoms in total. The van der Waals surface area contributed by atoms with Crippen LogP contribution < -0.4 is 5.32 Å². The molecule has 0 aromatic rings. The second-order valence-corrected chi connectivity index (χ2v) is 3.52. The van der Waals surface area contributed by atoms with Crippen molar-refractivity contribution in [3.8, 4) is 0 Å². The lowest BCUT2D eigenvalue weighted by molar-refractivity contribution is -0.138. The van der Waals surface area contributed by atoms with Crippen LogP contribution in [0.3, 0.4) is 0 Å². The van der Waals surface area contributed by atoms with Crippen LogP contribution in [-0.2, 0) is 19.0 Å².